The van der Waals surface area contributed by atoms with Crippen LogP contribution in [0.5, 0.6) is 5.75 Å². The van der Waals surface area contributed by atoms with Gasteiger partial charge in [-0.05, 0) is 42.0 Å². The van der Waals surface area contributed by atoms with Gasteiger partial charge in [-0.3, -0.25) is 4.79 Å². The highest BCUT2D eigenvalue weighted by Crippen LogP contribution is 2.36. The molecule has 4 rings (SSSR count). The second-order valence-electron chi connectivity index (χ2n) is 6.21. The van der Waals surface area contributed by atoms with Crippen molar-refractivity contribution in [3.63, 3.8) is 0 Å². The van der Waals surface area contributed by atoms with Gasteiger partial charge in [-0.1, -0.05) is 47.6 Å². The van der Waals surface area contributed by atoms with Crippen molar-refractivity contribution in [2.45, 2.75) is 19.9 Å². The highest BCUT2D eigenvalue weighted by molar-refractivity contribution is 6.10. The molecule has 0 aliphatic carbocycles. The number of fused-ring (bicyclic) bond motifs is 1. The van der Waals surface area contributed by atoms with Gasteiger partial charge in [-0.25, -0.2) is 0 Å². The Bertz CT molecular complexity index is 993. The molecule has 0 saturated heterocycles. The number of Topliss-reactive ketones (excluding diaryl/α,β-unsaturated/α-hetero) is 1. The summed E-state index contributed by atoms with van der Waals surface area (Å²) in [7, 11) is 0. The third-order valence-electron chi connectivity index (χ3n) is 4.50. The number of benzene rings is 2. The molecule has 0 saturated carbocycles. The molecule has 1 aliphatic rings. The van der Waals surface area contributed by atoms with Crippen LogP contribution < -0.4 is 10.1 Å². The fraction of sp³-hybridized carbons (Fsp3) is 0.200. The minimum Gasteiger partial charge on any atom is -0.494 e. The molecule has 7 nitrogen and oxygen atoms in total. The molecule has 0 fully saturated rings. The zero-order chi connectivity index (χ0) is 18.8. The number of nitrogens with one attached hydrogen (secondary N) is 1. The van der Waals surface area contributed by atoms with E-state index in [0.717, 1.165) is 17.0 Å². The Morgan fingerprint density at radius 3 is 2.59 bits per heavy atom. The highest BCUT2D eigenvalue weighted by Gasteiger charge is 2.34. The number of anilines is 1. The van der Waals surface area contributed by atoms with E-state index >= 15 is 0 Å². The number of carbonyl (C=O) groups excluding carboxylic acids is 1. The summed E-state index contributed by atoms with van der Waals surface area (Å²) < 4.78 is 7.17. The summed E-state index contributed by atoms with van der Waals surface area (Å²) in [6.07, 6.45) is 0. The third-order valence-corrected chi connectivity index (χ3v) is 4.50. The number of carbonyl (C=O) groups is 1. The molecular weight excluding hydrogens is 342 g/mol. The molecule has 1 aromatic heterocycles. The minimum atomic E-state index is -0.417. The number of allylic oxidation sites excluding steroid dienone is 2. The van der Waals surface area contributed by atoms with Crippen molar-refractivity contribution in [3.8, 4) is 5.75 Å². The zero-order valence-electron chi connectivity index (χ0n) is 15.1. The number of ether oxygens (including phenoxy) is 1. The van der Waals surface area contributed by atoms with Gasteiger partial charge < -0.3 is 10.1 Å². The minimum absolute atomic E-state index is 0.0550. The molecule has 0 amide bonds. The lowest BCUT2D eigenvalue weighted by Gasteiger charge is -2.28. The molecule has 1 aliphatic heterocycles. The number of nitrogens with zero attached hydrogens (tertiary/aromatic N) is 4. The Morgan fingerprint density at radius 1 is 1.15 bits per heavy atom. The Morgan fingerprint density at radius 2 is 1.89 bits per heavy atom. The molecule has 2 heterocycles. The summed E-state index contributed by atoms with van der Waals surface area (Å²) in [5.74, 6) is 1.24. The van der Waals surface area contributed by atoms with E-state index in [4.69, 9.17) is 4.74 Å². The summed E-state index contributed by atoms with van der Waals surface area (Å²) >= 11 is 0. The fourth-order valence-corrected chi connectivity index (χ4v) is 3.27. The second kappa shape index (κ2) is 7.03. The van der Waals surface area contributed by atoms with E-state index in [1.165, 1.54) is 0 Å². The molecule has 2 aromatic carbocycles. The maximum absolute atomic E-state index is 13.3. The fourth-order valence-electron chi connectivity index (χ4n) is 3.27. The van der Waals surface area contributed by atoms with Gasteiger partial charge in [0.1, 0.15) is 11.8 Å². The molecule has 3 aromatic rings. The lowest BCUT2D eigenvalue weighted by molar-refractivity contribution is 0.102. The topological polar surface area (TPSA) is 81.9 Å². The van der Waals surface area contributed by atoms with Crippen molar-refractivity contribution in [2.75, 3.05) is 11.9 Å². The van der Waals surface area contributed by atoms with E-state index in [1.54, 1.807) is 4.68 Å². The predicted molar refractivity (Wildman–Crippen MR) is 101 cm³/mol. The highest BCUT2D eigenvalue weighted by atomic mass is 16.5. The van der Waals surface area contributed by atoms with E-state index in [0.29, 0.717) is 23.7 Å². The quantitative estimate of drug-likeness (QED) is 0.703. The van der Waals surface area contributed by atoms with Gasteiger partial charge in [0.2, 0.25) is 5.95 Å². The first-order valence-corrected chi connectivity index (χ1v) is 8.77. The van der Waals surface area contributed by atoms with Crippen LogP contribution in [0.2, 0.25) is 0 Å². The molecule has 1 N–H and O–H groups in total. The maximum atomic E-state index is 13.3. The van der Waals surface area contributed by atoms with Gasteiger partial charge in [0.15, 0.2) is 5.78 Å². The largest absolute Gasteiger partial charge is 0.494 e. The average molecular weight is 361 g/mol. The monoisotopic (exact) mass is 361 g/mol. The van der Waals surface area contributed by atoms with Gasteiger partial charge in [-0.15, -0.1) is 0 Å². The lowest BCUT2D eigenvalue weighted by Crippen LogP contribution is -2.28. The summed E-state index contributed by atoms with van der Waals surface area (Å²) in [5.41, 5.74) is 2.89. The molecule has 0 spiro atoms. The van der Waals surface area contributed by atoms with Gasteiger partial charge in [0.05, 0.1) is 6.61 Å². The first kappa shape index (κ1) is 17.0. The van der Waals surface area contributed by atoms with Crippen molar-refractivity contribution in [2.24, 2.45) is 0 Å². The summed E-state index contributed by atoms with van der Waals surface area (Å²) in [4.78, 5) is 13.3. The maximum Gasteiger partial charge on any atom is 0.248 e. The number of hydrogen-bond donors (Lipinski definition) is 1. The number of tetrazole rings is 1. The molecule has 7 heteroatoms. The van der Waals surface area contributed by atoms with Crippen LogP contribution in [0.15, 0.2) is 65.9 Å². The molecule has 0 bridgehead atoms. The number of aromatic nitrogens is 4. The standard InChI is InChI=1S/C20H19N5O2/c1-3-27-16-11-9-14(10-12-16)18-17(19(26)15-7-5-4-6-8-15)13(2)21-20-22-23-24-25(18)20/h4-12,18H,3H2,1-2H3,(H,21,22,24). The van der Waals surface area contributed by atoms with Crippen molar-refractivity contribution < 1.29 is 9.53 Å². The average Bonchev–Trinajstić information content (AvgIpc) is 3.16. The summed E-state index contributed by atoms with van der Waals surface area (Å²) in [6.45, 7) is 4.41. The smallest absolute Gasteiger partial charge is 0.248 e. The molecule has 27 heavy (non-hydrogen) atoms. The van der Waals surface area contributed by atoms with Gasteiger partial charge >= 0.3 is 0 Å². The van der Waals surface area contributed by atoms with E-state index in [-0.39, 0.29) is 5.78 Å². The lowest BCUT2D eigenvalue weighted by atomic mass is 9.90. The number of rotatable bonds is 5. The van der Waals surface area contributed by atoms with Crippen LogP contribution in [-0.4, -0.2) is 32.6 Å². The normalized spacial score (nSPS) is 15.9. The SMILES string of the molecule is CCOc1ccc(C2C(C(=O)c3ccccc3)=C(C)Nc3nnnn32)cc1. The van der Waals surface area contributed by atoms with E-state index < -0.39 is 6.04 Å². The van der Waals surface area contributed by atoms with Crippen LogP contribution in [0, 0.1) is 0 Å². The zero-order valence-corrected chi connectivity index (χ0v) is 15.1. The van der Waals surface area contributed by atoms with Crippen LogP contribution in [0.25, 0.3) is 0 Å². The predicted octanol–water partition coefficient (Wildman–Crippen LogP) is 3.24. The van der Waals surface area contributed by atoms with Crippen molar-refractivity contribution in [3.05, 3.63) is 77.0 Å². The second-order valence-corrected chi connectivity index (χ2v) is 6.21. The molecule has 1 unspecified atom stereocenters. The van der Waals surface area contributed by atoms with Crippen molar-refractivity contribution >= 4 is 11.7 Å². The summed E-state index contributed by atoms with van der Waals surface area (Å²) in [6, 6.07) is 16.5. The van der Waals surface area contributed by atoms with Gasteiger partial charge in [0.25, 0.3) is 0 Å². The first-order chi connectivity index (χ1) is 13.2. The van der Waals surface area contributed by atoms with Crippen molar-refractivity contribution in [1.29, 1.82) is 0 Å². The Balaban J connectivity index is 1.81. The molecule has 1 atom stereocenters. The number of ketones is 1. The Labute approximate surface area is 156 Å². The van der Waals surface area contributed by atoms with E-state index in [2.05, 4.69) is 20.8 Å². The van der Waals surface area contributed by atoms with Crippen molar-refractivity contribution in [1.82, 2.24) is 20.2 Å². The van der Waals surface area contributed by atoms with Crippen LogP contribution in [0.4, 0.5) is 5.95 Å². The van der Waals surface area contributed by atoms with Crippen LogP contribution in [0.1, 0.15) is 35.8 Å². The Kier molecular flexibility index (Phi) is 4.42. The molecular formula is C20H19N5O2. The number of hydrogen-bond acceptors (Lipinski definition) is 6. The van der Waals surface area contributed by atoms with Crippen LogP contribution in [-0.2, 0) is 0 Å². The summed E-state index contributed by atoms with van der Waals surface area (Å²) in [5, 5.41) is 15.0. The Hall–Kier alpha value is -3.48. The van der Waals surface area contributed by atoms with E-state index in [1.807, 2.05) is 68.4 Å². The van der Waals surface area contributed by atoms with Crippen LogP contribution in [0.3, 0.4) is 0 Å². The van der Waals surface area contributed by atoms with Gasteiger partial charge in [-0.2, -0.15) is 4.68 Å². The first-order valence-electron chi connectivity index (χ1n) is 8.77. The molecule has 136 valence electrons. The van der Waals surface area contributed by atoms with E-state index in [9.17, 15) is 4.79 Å². The third kappa shape index (κ3) is 3.08. The molecule has 0 radical (unpaired) electrons. The van der Waals surface area contributed by atoms with Crippen LogP contribution >= 0.6 is 0 Å². The van der Waals surface area contributed by atoms with Gasteiger partial charge in [0, 0.05) is 16.8 Å².